The van der Waals surface area contributed by atoms with Gasteiger partial charge in [0.15, 0.2) is 4.90 Å². The third-order valence-corrected chi connectivity index (χ3v) is 5.59. The molecule has 0 radical (unpaired) electrons. The zero-order valence-electron chi connectivity index (χ0n) is 13.7. The Morgan fingerprint density at radius 1 is 0.923 bits per heavy atom. The van der Waals surface area contributed by atoms with Gasteiger partial charge in [-0.3, -0.25) is 0 Å². The molecule has 0 fully saturated rings. The standard InChI is InChI=1S/C19H17F2NO3S/c20-16-9-4-10-17(21)19(16)26(24,25)22-12-11-18(23)15-8-3-6-13-5-1-2-7-14(13)15/h1-10,18,22-23H,11-12H2. The first kappa shape index (κ1) is 18.4. The zero-order chi connectivity index (χ0) is 18.7. The van der Waals surface area contributed by atoms with E-state index in [0.29, 0.717) is 5.56 Å². The molecule has 0 amide bonds. The number of aliphatic hydroxyl groups is 1. The Labute approximate surface area is 150 Å². The highest BCUT2D eigenvalue weighted by Crippen LogP contribution is 2.26. The van der Waals surface area contributed by atoms with E-state index >= 15 is 0 Å². The Morgan fingerprint density at radius 2 is 1.54 bits per heavy atom. The largest absolute Gasteiger partial charge is 0.388 e. The van der Waals surface area contributed by atoms with E-state index in [4.69, 9.17) is 0 Å². The van der Waals surface area contributed by atoms with Gasteiger partial charge in [0.25, 0.3) is 0 Å². The van der Waals surface area contributed by atoms with E-state index in [1.807, 2.05) is 30.3 Å². The van der Waals surface area contributed by atoms with Crippen LogP contribution in [-0.2, 0) is 10.0 Å². The van der Waals surface area contributed by atoms with Crippen LogP contribution >= 0.6 is 0 Å². The summed E-state index contributed by atoms with van der Waals surface area (Å²) >= 11 is 0. The van der Waals surface area contributed by atoms with E-state index in [2.05, 4.69) is 4.72 Å². The molecule has 26 heavy (non-hydrogen) atoms. The van der Waals surface area contributed by atoms with Gasteiger partial charge in [0, 0.05) is 6.54 Å². The van der Waals surface area contributed by atoms with Crippen molar-refractivity contribution >= 4 is 20.8 Å². The van der Waals surface area contributed by atoms with Gasteiger partial charge >= 0.3 is 0 Å². The molecule has 7 heteroatoms. The maximum Gasteiger partial charge on any atom is 0.246 e. The SMILES string of the molecule is O=S(=O)(NCCC(O)c1cccc2ccccc12)c1c(F)cccc1F. The van der Waals surface area contributed by atoms with E-state index in [1.54, 1.807) is 12.1 Å². The Morgan fingerprint density at radius 3 is 2.27 bits per heavy atom. The van der Waals surface area contributed by atoms with Gasteiger partial charge in [-0.1, -0.05) is 48.5 Å². The summed E-state index contributed by atoms with van der Waals surface area (Å²) in [5.74, 6) is -2.32. The van der Waals surface area contributed by atoms with Crippen LogP contribution in [-0.4, -0.2) is 20.1 Å². The normalized spacial score (nSPS) is 13.0. The van der Waals surface area contributed by atoms with Crippen LogP contribution in [0.15, 0.2) is 65.6 Å². The van der Waals surface area contributed by atoms with Crippen molar-refractivity contribution in [2.24, 2.45) is 0 Å². The van der Waals surface area contributed by atoms with Gasteiger partial charge in [0.05, 0.1) is 6.10 Å². The van der Waals surface area contributed by atoms with Crippen LogP contribution in [0, 0.1) is 11.6 Å². The number of rotatable bonds is 6. The molecule has 1 unspecified atom stereocenters. The molecule has 3 rings (SSSR count). The van der Waals surface area contributed by atoms with Gasteiger partial charge in [-0.15, -0.1) is 0 Å². The average Bonchev–Trinajstić information content (AvgIpc) is 2.60. The predicted octanol–water partition coefficient (Wildman–Crippen LogP) is 3.52. The molecule has 136 valence electrons. The maximum absolute atomic E-state index is 13.7. The minimum Gasteiger partial charge on any atom is -0.388 e. The molecule has 2 N–H and O–H groups in total. The molecule has 4 nitrogen and oxygen atoms in total. The number of hydrogen-bond acceptors (Lipinski definition) is 3. The van der Waals surface area contributed by atoms with Crippen molar-refractivity contribution in [2.45, 2.75) is 17.4 Å². The molecule has 0 aliphatic heterocycles. The Kier molecular flexibility index (Phi) is 5.31. The summed E-state index contributed by atoms with van der Waals surface area (Å²) in [6, 6.07) is 15.8. The molecule has 0 aromatic heterocycles. The van der Waals surface area contributed by atoms with Crippen molar-refractivity contribution < 1.29 is 22.3 Å². The summed E-state index contributed by atoms with van der Waals surface area (Å²) < 4.78 is 53.7. The van der Waals surface area contributed by atoms with Crippen molar-refractivity contribution in [3.63, 3.8) is 0 Å². The minimum atomic E-state index is -4.35. The van der Waals surface area contributed by atoms with Gasteiger partial charge in [0.2, 0.25) is 10.0 Å². The second kappa shape index (κ2) is 7.49. The molecule has 0 spiro atoms. The number of sulfonamides is 1. The highest BCUT2D eigenvalue weighted by molar-refractivity contribution is 7.89. The first-order valence-electron chi connectivity index (χ1n) is 7.99. The van der Waals surface area contributed by atoms with Crippen LogP contribution < -0.4 is 4.72 Å². The van der Waals surface area contributed by atoms with Crippen molar-refractivity contribution in [3.05, 3.63) is 77.9 Å². The van der Waals surface area contributed by atoms with Crippen LogP contribution in [0.5, 0.6) is 0 Å². The number of fused-ring (bicyclic) bond motifs is 1. The quantitative estimate of drug-likeness (QED) is 0.691. The number of benzene rings is 3. The van der Waals surface area contributed by atoms with Gasteiger partial charge in [-0.25, -0.2) is 21.9 Å². The fourth-order valence-electron chi connectivity index (χ4n) is 2.84. The van der Waals surface area contributed by atoms with Crippen molar-refractivity contribution in [1.82, 2.24) is 4.72 Å². The average molecular weight is 377 g/mol. The molecular weight excluding hydrogens is 360 g/mol. The Bertz CT molecular complexity index is 1010. The lowest BCUT2D eigenvalue weighted by Crippen LogP contribution is -2.27. The lowest BCUT2D eigenvalue weighted by atomic mass is 9.99. The van der Waals surface area contributed by atoms with Gasteiger partial charge in [0.1, 0.15) is 11.6 Å². The van der Waals surface area contributed by atoms with Gasteiger partial charge in [-0.05, 0) is 34.9 Å². The zero-order valence-corrected chi connectivity index (χ0v) is 14.5. The predicted molar refractivity (Wildman–Crippen MR) is 95.1 cm³/mol. The van der Waals surface area contributed by atoms with E-state index in [0.717, 1.165) is 29.0 Å². The molecule has 0 saturated carbocycles. The summed E-state index contributed by atoms with van der Waals surface area (Å²) in [4.78, 5) is -1.01. The van der Waals surface area contributed by atoms with Gasteiger partial charge in [-0.2, -0.15) is 0 Å². The van der Waals surface area contributed by atoms with Gasteiger partial charge < -0.3 is 5.11 Å². The molecule has 0 aliphatic rings. The molecule has 0 bridgehead atoms. The molecule has 0 heterocycles. The monoisotopic (exact) mass is 377 g/mol. The summed E-state index contributed by atoms with van der Waals surface area (Å²) in [6.45, 7) is -0.166. The lowest BCUT2D eigenvalue weighted by Gasteiger charge is -2.14. The molecule has 0 aliphatic carbocycles. The summed E-state index contributed by atoms with van der Waals surface area (Å²) in [5.41, 5.74) is 0.666. The van der Waals surface area contributed by atoms with Crippen LogP contribution in [0.2, 0.25) is 0 Å². The smallest absolute Gasteiger partial charge is 0.246 e. The minimum absolute atomic E-state index is 0.0588. The summed E-state index contributed by atoms with van der Waals surface area (Å²) in [6.07, 6.45) is -0.863. The fraction of sp³-hybridized carbons (Fsp3) is 0.158. The van der Waals surface area contributed by atoms with E-state index < -0.39 is 32.7 Å². The third-order valence-electron chi connectivity index (χ3n) is 4.08. The van der Waals surface area contributed by atoms with Crippen LogP contribution in [0.25, 0.3) is 10.8 Å². The fourth-order valence-corrected chi connectivity index (χ4v) is 4.02. The molecular formula is C19H17F2NO3S. The molecule has 0 saturated heterocycles. The van der Waals surface area contributed by atoms with Crippen LogP contribution in [0.1, 0.15) is 18.1 Å². The van der Waals surface area contributed by atoms with E-state index in [1.165, 1.54) is 0 Å². The second-order valence-electron chi connectivity index (χ2n) is 5.82. The van der Waals surface area contributed by atoms with Crippen molar-refractivity contribution in [3.8, 4) is 0 Å². The first-order valence-corrected chi connectivity index (χ1v) is 9.48. The highest BCUT2D eigenvalue weighted by Gasteiger charge is 2.23. The van der Waals surface area contributed by atoms with Crippen molar-refractivity contribution in [1.29, 1.82) is 0 Å². The number of aliphatic hydroxyl groups excluding tert-OH is 1. The van der Waals surface area contributed by atoms with Crippen LogP contribution in [0.4, 0.5) is 8.78 Å². The van der Waals surface area contributed by atoms with Crippen molar-refractivity contribution in [2.75, 3.05) is 6.54 Å². The summed E-state index contributed by atoms with van der Waals surface area (Å²) in [7, 11) is -4.35. The second-order valence-corrected chi connectivity index (χ2v) is 7.53. The highest BCUT2D eigenvalue weighted by atomic mass is 32.2. The summed E-state index contributed by atoms with van der Waals surface area (Å²) in [5, 5.41) is 12.2. The third kappa shape index (κ3) is 3.75. The van der Waals surface area contributed by atoms with E-state index in [9.17, 15) is 22.3 Å². The Balaban J connectivity index is 1.73. The number of hydrogen-bond donors (Lipinski definition) is 2. The topological polar surface area (TPSA) is 66.4 Å². The first-order chi connectivity index (χ1) is 12.4. The van der Waals surface area contributed by atoms with E-state index in [-0.39, 0.29) is 13.0 Å². The molecule has 3 aromatic carbocycles. The number of nitrogens with one attached hydrogen (secondary N) is 1. The van der Waals surface area contributed by atoms with Crippen LogP contribution in [0.3, 0.4) is 0 Å². The maximum atomic E-state index is 13.7. The lowest BCUT2D eigenvalue weighted by molar-refractivity contribution is 0.170. The number of halogens is 2. The molecule has 1 atom stereocenters. The molecule has 3 aromatic rings. The Hall–Kier alpha value is -2.35.